The normalized spacial score (nSPS) is 10.6. The van der Waals surface area contributed by atoms with Gasteiger partial charge in [0.15, 0.2) is 0 Å². The average Bonchev–Trinajstić information content (AvgIpc) is 2.47. The molecule has 0 spiro atoms. The SMILES string of the molecule is CCN(Cc1ccccc1C)c1ccc(CN)cc1Br. The Bertz CT molecular complexity index is 581. The number of anilines is 1. The highest BCUT2D eigenvalue weighted by Crippen LogP contribution is 2.28. The Labute approximate surface area is 129 Å². The van der Waals surface area contributed by atoms with Crippen molar-refractivity contribution in [2.24, 2.45) is 5.73 Å². The standard InChI is InChI=1S/C17H21BrN2/c1-3-20(12-15-7-5-4-6-13(15)2)17-9-8-14(11-19)10-16(17)18/h4-10H,3,11-12,19H2,1-2H3. The maximum absolute atomic E-state index is 5.69. The first-order valence-electron chi connectivity index (χ1n) is 6.93. The lowest BCUT2D eigenvalue weighted by atomic mass is 10.1. The van der Waals surface area contributed by atoms with Gasteiger partial charge in [-0.15, -0.1) is 0 Å². The molecular formula is C17H21BrN2. The molecule has 0 aliphatic heterocycles. The molecule has 2 aromatic rings. The molecule has 2 N–H and O–H groups in total. The van der Waals surface area contributed by atoms with Crippen LogP contribution in [0.5, 0.6) is 0 Å². The fraction of sp³-hybridized carbons (Fsp3) is 0.294. The summed E-state index contributed by atoms with van der Waals surface area (Å²) in [6.45, 7) is 6.80. The lowest BCUT2D eigenvalue weighted by molar-refractivity contribution is 0.824. The van der Waals surface area contributed by atoms with Gasteiger partial charge in [0.1, 0.15) is 0 Å². The van der Waals surface area contributed by atoms with Crippen LogP contribution in [0.3, 0.4) is 0 Å². The second-order valence-corrected chi connectivity index (χ2v) is 5.78. The van der Waals surface area contributed by atoms with E-state index < -0.39 is 0 Å². The van der Waals surface area contributed by atoms with E-state index in [0.29, 0.717) is 6.54 Å². The van der Waals surface area contributed by atoms with Gasteiger partial charge in [-0.25, -0.2) is 0 Å². The smallest absolute Gasteiger partial charge is 0.0513 e. The van der Waals surface area contributed by atoms with Crippen LogP contribution in [-0.4, -0.2) is 6.54 Å². The molecule has 0 aliphatic carbocycles. The Balaban J connectivity index is 2.27. The van der Waals surface area contributed by atoms with Gasteiger partial charge in [0.05, 0.1) is 5.69 Å². The Kier molecular flexibility index (Phi) is 5.21. The number of halogens is 1. The van der Waals surface area contributed by atoms with Crippen LogP contribution in [0.15, 0.2) is 46.9 Å². The quantitative estimate of drug-likeness (QED) is 0.887. The van der Waals surface area contributed by atoms with E-state index in [2.05, 4.69) is 77.1 Å². The zero-order chi connectivity index (χ0) is 14.5. The molecule has 106 valence electrons. The minimum absolute atomic E-state index is 0.572. The second-order valence-electron chi connectivity index (χ2n) is 4.93. The number of nitrogens with two attached hydrogens (primary N) is 1. The van der Waals surface area contributed by atoms with Crippen LogP contribution in [-0.2, 0) is 13.1 Å². The predicted octanol–water partition coefficient (Wildman–Crippen LogP) is 4.24. The first-order valence-corrected chi connectivity index (χ1v) is 7.73. The highest BCUT2D eigenvalue weighted by molar-refractivity contribution is 9.10. The summed E-state index contributed by atoms with van der Waals surface area (Å²) >= 11 is 3.66. The molecule has 0 bridgehead atoms. The van der Waals surface area contributed by atoms with Crippen LogP contribution in [0.4, 0.5) is 5.69 Å². The van der Waals surface area contributed by atoms with Crippen LogP contribution in [0.25, 0.3) is 0 Å². The van der Waals surface area contributed by atoms with E-state index in [9.17, 15) is 0 Å². The van der Waals surface area contributed by atoms with Crippen LogP contribution >= 0.6 is 15.9 Å². The monoisotopic (exact) mass is 332 g/mol. The molecule has 0 fully saturated rings. The minimum Gasteiger partial charge on any atom is -0.367 e. The first-order chi connectivity index (χ1) is 9.65. The topological polar surface area (TPSA) is 29.3 Å². The maximum atomic E-state index is 5.69. The molecule has 0 amide bonds. The summed E-state index contributed by atoms with van der Waals surface area (Å²) in [7, 11) is 0. The number of rotatable bonds is 5. The van der Waals surface area contributed by atoms with Crippen molar-refractivity contribution < 1.29 is 0 Å². The molecule has 0 aromatic heterocycles. The lowest BCUT2D eigenvalue weighted by Crippen LogP contribution is -2.23. The molecule has 2 aromatic carbocycles. The van der Waals surface area contributed by atoms with Gasteiger partial charge in [0.25, 0.3) is 0 Å². The third-order valence-electron chi connectivity index (χ3n) is 3.59. The summed E-state index contributed by atoms with van der Waals surface area (Å²) in [6.07, 6.45) is 0. The third kappa shape index (κ3) is 3.41. The molecule has 2 nitrogen and oxygen atoms in total. The van der Waals surface area contributed by atoms with E-state index in [1.807, 2.05) is 0 Å². The molecule has 20 heavy (non-hydrogen) atoms. The molecule has 0 saturated heterocycles. The Morgan fingerprint density at radius 3 is 2.50 bits per heavy atom. The molecular weight excluding hydrogens is 312 g/mol. The fourth-order valence-corrected chi connectivity index (χ4v) is 2.97. The Morgan fingerprint density at radius 2 is 1.90 bits per heavy atom. The van der Waals surface area contributed by atoms with Gasteiger partial charge in [0.2, 0.25) is 0 Å². The molecule has 0 heterocycles. The molecule has 0 unspecified atom stereocenters. The van der Waals surface area contributed by atoms with Gasteiger partial charge >= 0.3 is 0 Å². The van der Waals surface area contributed by atoms with Gasteiger partial charge in [-0.1, -0.05) is 30.3 Å². The van der Waals surface area contributed by atoms with Crippen LogP contribution in [0.2, 0.25) is 0 Å². The van der Waals surface area contributed by atoms with Crippen molar-refractivity contribution in [3.8, 4) is 0 Å². The van der Waals surface area contributed by atoms with Crippen molar-refractivity contribution in [1.82, 2.24) is 0 Å². The summed E-state index contributed by atoms with van der Waals surface area (Å²) in [5.41, 5.74) is 10.7. The molecule has 0 saturated carbocycles. The second kappa shape index (κ2) is 6.91. The zero-order valence-corrected chi connectivity index (χ0v) is 13.7. The fourth-order valence-electron chi connectivity index (χ4n) is 2.29. The van der Waals surface area contributed by atoms with Crippen molar-refractivity contribution >= 4 is 21.6 Å². The van der Waals surface area contributed by atoms with Gasteiger partial charge in [0, 0.05) is 24.1 Å². The van der Waals surface area contributed by atoms with E-state index >= 15 is 0 Å². The predicted molar refractivity (Wildman–Crippen MR) is 89.9 cm³/mol. The Hall–Kier alpha value is -1.32. The molecule has 3 heteroatoms. The Morgan fingerprint density at radius 1 is 1.15 bits per heavy atom. The van der Waals surface area contributed by atoms with E-state index in [-0.39, 0.29) is 0 Å². The van der Waals surface area contributed by atoms with Crippen LogP contribution in [0, 0.1) is 6.92 Å². The van der Waals surface area contributed by atoms with Crippen molar-refractivity contribution in [1.29, 1.82) is 0 Å². The number of hydrogen-bond donors (Lipinski definition) is 1. The number of nitrogens with zero attached hydrogens (tertiary/aromatic N) is 1. The van der Waals surface area contributed by atoms with E-state index in [0.717, 1.165) is 23.1 Å². The largest absolute Gasteiger partial charge is 0.367 e. The van der Waals surface area contributed by atoms with E-state index in [1.54, 1.807) is 0 Å². The van der Waals surface area contributed by atoms with Crippen molar-refractivity contribution in [3.63, 3.8) is 0 Å². The molecule has 0 aliphatic rings. The maximum Gasteiger partial charge on any atom is 0.0513 e. The van der Waals surface area contributed by atoms with Crippen molar-refractivity contribution in [2.75, 3.05) is 11.4 Å². The van der Waals surface area contributed by atoms with Gasteiger partial charge in [-0.3, -0.25) is 0 Å². The third-order valence-corrected chi connectivity index (χ3v) is 4.23. The summed E-state index contributed by atoms with van der Waals surface area (Å²) in [4.78, 5) is 2.37. The van der Waals surface area contributed by atoms with Gasteiger partial charge < -0.3 is 10.6 Å². The van der Waals surface area contributed by atoms with Crippen LogP contribution in [0.1, 0.15) is 23.6 Å². The number of benzene rings is 2. The molecule has 0 radical (unpaired) electrons. The minimum atomic E-state index is 0.572. The lowest BCUT2D eigenvalue weighted by Gasteiger charge is -2.25. The highest BCUT2D eigenvalue weighted by Gasteiger charge is 2.10. The van der Waals surface area contributed by atoms with Gasteiger partial charge in [-0.2, -0.15) is 0 Å². The summed E-state index contributed by atoms with van der Waals surface area (Å²) in [5, 5.41) is 0. The summed E-state index contributed by atoms with van der Waals surface area (Å²) < 4.78 is 1.11. The van der Waals surface area contributed by atoms with E-state index in [4.69, 9.17) is 5.73 Å². The number of aryl methyl sites for hydroxylation is 1. The number of hydrogen-bond acceptors (Lipinski definition) is 2. The van der Waals surface area contributed by atoms with Gasteiger partial charge in [-0.05, 0) is 58.6 Å². The van der Waals surface area contributed by atoms with Crippen molar-refractivity contribution in [3.05, 3.63) is 63.6 Å². The summed E-state index contributed by atoms with van der Waals surface area (Å²) in [5.74, 6) is 0. The molecule has 0 atom stereocenters. The zero-order valence-electron chi connectivity index (χ0n) is 12.1. The van der Waals surface area contributed by atoms with Crippen LogP contribution < -0.4 is 10.6 Å². The summed E-state index contributed by atoms with van der Waals surface area (Å²) in [6, 6.07) is 14.9. The average molecular weight is 333 g/mol. The highest BCUT2D eigenvalue weighted by atomic mass is 79.9. The first kappa shape index (κ1) is 15.1. The van der Waals surface area contributed by atoms with Crippen molar-refractivity contribution in [2.45, 2.75) is 26.9 Å². The molecule has 2 rings (SSSR count). The van der Waals surface area contributed by atoms with E-state index in [1.165, 1.54) is 16.8 Å².